The molecule has 3 unspecified atom stereocenters. The maximum absolute atomic E-state index is 10.0. The highest BCUT2D eigenvalue weighted by atomic mass is 28.4. The van der Waals surface area contributed by atoms with Crippen LogP contribution in [0.1, 0.15) is 39.5 Å². The molecule has 20 heavy (non-hydrogen) atoms. The first kappa shape index (κ1) is 18.1. The summed E-state index contributed by atoms with van der Waals surface area (Å²) in [7, 11) is 2.47. The molecule has 3 atom stereocenters. The number of aliphatic hydroxyl groups excluding tert-OH is 1. The Kier molecular flexibility index (Phi) is 7.64. The van der Waals surface area contributed by atoms with E-state index in [1.807, 2.05) is 13.8 Å². The van der Waals surface area contributed by atoms with Crippen LogP contribution in [0.15, 0.2) is 0 Å². The summed E-state index contributed by atoms with van der Waals surface area (Å²) in [5, 5.41) is 10.0. The molecule has 1 rings (SSSR count). The van der Waals surface area contributed by atoms with Crippen molar-refractivity contribution in [1.29, 1.82) is 0 Å². The third-order valence-electron chi connectivity index (χ3n) is 4.10. The van der Waals surface area contributed by atoms with Crippen molar-refractivity contribution in [3.8, 4) is 0 Å². The second-order valence-corrected chi connectivity index (χ2v) is 8.89. The van der Waals surface area contributed by atoms with Crippen LogP contribution in [0.4, 0.5) is 0 Å². The van der Waals surface area contributed by atoms with E-state index in [0.29, 0.717) is 5.92 Å². The highest BCUT2D eigenvalue weighted by Crippen LogP contribution is 2.32. The average molecular weight is 306 g/mol. The smallest absolute Gasteiger partial charge is 0.390 e. The van der Waals surface area contributed by atoms with Crippen molar-refractivity contribution in [2.75, 3.05) is 21.3 Å². The summed E-state index contributed by atoms with van der Waals surface area (Å²) in [6.07, 6.45) is 3.51. The maximum atomic E-state index is 10.0. The minimum absolute atomic E-state index is 0.0440. The molecule has 0 aliphatic heterocycles. The van der Waals surface area contributed by atoms with E-state index in [1.54, 1.807) is 21.3 Å². The van der Waals surface area contributed by atoms with Gasteiger partial charge in [0.1, 0.15) is 0 Å². The molecule has 1 fully saturated rings. The lowest BCUT2D eigenvalue weighted by molar-refractivity contribution is -0.0944. The van der Waals surface area contributed by atoms with Crippen LogP contribution in [0.3, 0.4) is 0 Å². The molecule has 0 bridgehead atoms. The minimum atomic E-state index is -2.48. The predicted molar refractivity (Wildman–Crippen MR) is 79.6 cm³/mol. The molecule has 0 amide bonds. The Morgan fingerprint density at radius 2 is 1.70 bits per heavy atom. The van der Waals surface area contributed by atoms with Crippen LogP contribution in [0.5, 0.6) is 0 Å². The number of hydrogen-bond acceptors (Lipinski definition) is 5. The molecule has 0 aromatic carbocycles. The number of aliphatic hydroxyl groups is 1. The Morgan fingerprint density at radius 3 is 2.20 bits per heavy atom. The van der Waals surface area contributed by atoms with Crippen molar-refractivity contribution in [2.24, 2.45) is 5.92 Å². The zero-order valence-electron chi connectivity index (χ0n) is 13.4. The van der Waals surface area contributed by atoms with E-state index in [4.69, 9.17) is 18.0 Å². The summed E-state index contributed by atoms with van der Waals surface area (Å²) in [6, 6.07) is 0.811. The second-order valence-electron chi connectivity index (χ2n) is 5.80. The fraction of sp³-hybridized carbons (Fsp3) is 1.00. The van der Waals surface area contributed by atoms with Gasteiger partial charge in [0.05, 0.1) is 18.3 Å². The summed E-state index contributed by atoms with van der Waals surface area (Å²) < 4.78 is 22.2. The number of rotatable bonds is 8. The number of hydrogen-bond donors (Lipinski definition) is 1. The van der Waals surface area contributed by atoms with Crippen LogP contribution in [0, 0.1) is 5.92 Å². The van der Waals surface area contributed by atoms with Crippen molar-refractivity contribution in [2.45, 2.75) is 63.9 Å². The molecule has 1 aliphatic carbocycles. The molecule has 0 radical (unpaired) electrons. The molecule has 1 saturated carbocycles. The fourth-order valence-corrected chi connectivity index (χ4v) is 4.77. The molecule has 120 valence electrons. The minimum Gasteiger partial charge on any atom is -0.390 e. The average Bonchev–Trinajstić information content (AvgIpc) is 2.44. The van der Waals surface area contributed by atoms with Crippen molar-refractivity contribution >= 4 is 8.80 Å². The standard InChI is InChI=1S/C14H30O5Si/c1-11(2)19-14-10-12(6-7-13(14)15)8-9-20(16-3,17-4)18-5/h11-15H,6-10H2,1-5H3. The summed E-state index contributed by atoms with van der Waals surface area (Å²) in [5.74, 6) is 0.537. The summed E-state index contributed by atoms with van der Waals surface area (Å²) >= 11 is 0. The van der Waals surface area contributed by atoms with E-state index >= 15 is 0 Å². The molecular weight excluding hydrogens is 276 g/mol. The van der Waals surface area contributed by atoms with E-state index in [0.717, 1.165) is 31.7 Å². The van der Waals surface area contributed by atoms with Crippen LogP contribution in [0.2, 0.25) is 6.04 Å². The normalized spacial score (nSPS) is 28.1. The molecule has 6 heteroatoms. The van der Waals surface area contributed by atoms with E-state index in [1.165, 1.54) is 0 Å². The predicted octanol–water partition coefficient (Wildman–Crippen LogP) is 2.21. The molecule has 0 saturated heterocycles. The van der Waals surface area contributed by atoms with Gasteiger partial charge in [0.15, 0.2) is 0 Å². The lowest BCUT2D eigenvalue weighted by Crippen LogP contribution is -2.44. The maximum Gasteiger partial charge on any atom is 0.500 e. The van der Waals surface area contributed by atoms with Gasteiger partial charge in [0.25, 0.3) is 0 Å². The van der Waals surface area contributed by atoms with Crippen LogP contribution >= 0.6 is 0 Å². The number of ether oxygens (including phenoxy) is 1. The van der Waals surface area contributed by atoms with Gasteiger partial charge in [-0.05, 0) is 45.4 Å². The van der Waals surface area contributed by atoms with Crippen LogP contribution in [0.25, 0.3) is 0 Å². The van der Waals surface area contributed by atoms with Crippen LogP contribution in [-0.2, 0) is 18.0 Å². The molecule has 1 aliphatic rings. The fourth-order valence-electron chi connectivity index (χ4n) is 2.89. The van der Waals surface area contributed by atoms with E-state index in [2.05, 4.69) is 0 Å². The van der Waals surface area contributed by atoms with Crippen molar-refractivity contribution in [3.63, 3.8) is 0 Å². The quantitative estimate of drug-likeness (QED) is 0.697. The first-order chi connectivity index (χ1) is 9.46. The van der Waals surface area contributed by atoms with Gasteiger partial charge in [-0.25, -0.2) is 0 Å². The second kappa shape index (κ2) is 8.46. The Hall–Kier alpha value is 0.0169. The van der Waals surface area contributed by atoms with Crippen molar-refractivity contribution in [1.82, 2.24) is 0 Å². The van der Waals surface area contributed by atoms with Crippen molar-refractivity contribution < 1.29 is 23.1 Å². The van der Waals surface area contributed by atoms with E-state index in [-0.39, 0.29) is 18.3 Å². The Morgan fingerprint density at radius 1 is 1.10 bits per heavy atom. The first-order valence-corrected chi connectivity index (χ1v) is 9.38. The third kappa shape index (κ3) is 5.09. The van der Waals surface area contributed by atoms with Gasteiger partial charge >= 0.3 is 8.80 Å². The van der Waals surface area contributed by atoms with Gasteiger partial charge in [-0.15, -0.1) is 0 Å². The Bertz CT molecular complexity index is 262. The topological polar surface area (TPSA) is 57.2 Å². The zero-order chi connectivity index (χ0) is 15.2. The van der Waals surface area contributed by atoms with Gasteiger partial charge in [0.2, 0.25) is 0 Å². The van der Waals surface area contributed by atoms with Gasteiger partial charge in [-0.3, -0.25) is 0 Å². The highest BCUT2D eigenvalue weighted by molar-refractivity contribution is 6.60. The molecule has 0 spiro atoms. The molecule has 0 aromatic rings. The first-order valence-electron chi connectivity index (χ1n) is 7.45. The largest absolute Gasteiger partial charge is 0.500 e. The molecule has 1 N–H and O–H groups in total. The SMILES string of the molecule is CO[Si](CCC1CCC(O)C(OC(C)C)C1)(OC)OC. The third-order valence-corrected chi connectivity index (χ3v) is 6.87. The lowest BCUT2D eigenvalue weighted by atomic mass is 9.83. The highest BCUT2D eigenvalue weighted by Gasteiger charge is 2.39. The molecule has 5 nitrogen and oxygen atoms in total. The van der Waals surface area contributed by atoms with E-state index < -0.39 is 8.80 Å². The zero-order valence-corrected chi connectivity index (χ0v) is 14.4. The van der Waals surface area contributed by atoms with Gasteiger partial charge in [0, 0.05) is 27.4 Å². The van der Waals surface area contributed by atoms with Gasteiger partial charge in [-0.1, -0.05) is 0 Å². The molecule has 0 heterocycles. The Labute approximate surface area is 123 Å². The molecule has 0 aromatic heterocycles. The van der Waals surface area contributed by atoms with Crippen LogP contribution in [-0.4, -0.2) is 53.6 Å². The van der Waals surface area contributed by atoms with Crippen molar-refractivity contribution in [3.05, 3.63) is 0 Å². The summed E-state index contributed by atoms with van der Waals surface area (Å²) in [6.45, 7) is 4.02. The monoisotopic (exact) mass is 306 g/mol. The van der Waals surface area contributed by atoms with Gasteiger partial charge < -0.3 is 23.1 Å². The molecular formula is C14H30O5Si. The summed E-state index contributed by atoms with van der Waals surface area (Å²) in [4.78, 5) is 0. The summed E-state index contributed by atoms with van der Waals surface area (Å²) in [5.41, 5.74) is 0. The van der Waals surface area contributed by atoms with E-state index in [9.17, 15) is 5.11 Å². The van der Waals surface area contributed by atoms with Gasteiger partial charge in [-0.2, -0.15) is 0 Å². The van der Waals surface area contributed by atoms with Crippen LogP contribution < -0.4 is 0 Å². The Balaban J connectivity index is 2.48. The lowest BCUT2D eigenvalue weighted by Gasteiger charge is -2.35.